The average molecular weight is 306 g/mol. The Morgan fingerprint density at radius 1 is 1.19 bits per heavy atom. The molecule has 0 fully saturated rings. The van der Waals surface area contributed by atoms with Crippen LogP contribution in [0.15, 0.2) is 35.9 Å². The topological polar surface area (TPSA) is 35.5 Å². The van der Waals surface area contributed by atoms with E-state index in [1.54, 1.807) is 0 Å². The van der Waals surface area contributed by atoms with Crippen LogP contribution in [-0.4, -0.2) is 28.2 Å². The van der Waals surface area contributed by atoms with Gasteiger partial charge in [-0.1, -0.05) is 51.1 Å². The molecule has 116 valence electrons. The number of carbonyl (C=O) groups excluding carboxylic acids is 1. The first-order chi connectivity index (χ1) is 9.75. The monoisotopic (exact) mass is 306 g/mol. The first kappa shape index (κ1) is 17.7. The minimum absolute atomic E-state index is 0.175. The highest BCUT2D eigenvalue weighted by Crippen LogP contribution is 2.30. The fourth-order valence-electron chi connectivity index (χ4n) is 2.10. The molecular formula is C17H26O3Si. The maximum absolute atomic E-state index is 12.2. The van der Waals surface area contributed by atoms with Gasteiger partial charge in [-0.3, -0.25) is 0 Å². The summed E-state index contributed by atoms with van der Waals surface area (Å²) in [7, 11) is 0.117. The normalized spacial score (nSPS) is 14.1. The molecule has 3 nitrogen and oxygen atoms in total. The van der Waals surface area contributed by atoms with Crippen LogP contribution in [0.2, 0.25) is 13.1 Å². The lowest BCUT2D eigenvalue weighted by molar-refractivity contribution is -0.137. The van der Waals surface area contributed by atoms with Crippen molar-refractivity contribution in [1.82, 2.24) is 0 Å². The highest BCUT2D eigenvalue weighted by Gasteiger charge is 2.33. The third-order valence-corrected chi connectivity index (χ3v) is 3.84. The number of benzene rings is 1. The molecule has 0 N–H and O–H groups in total. The van der Waals surface area contributed by atoms with Gasteiger partial charge in [0, 0.05) is 0 Å². The number of esters is 1. The molecule has 0 heterocycles. The molecule has 0 saturated heterocycles. The van der Waals surface area contributed by atoms with E-state index in [-0.39, 0.29) is 17.5 Å². The molecule has 0 aromatic heterocycles. The van der Waals surface area contributed by atoms with E-state index >= 15 is 0 Å². The van der Waals surface area contributed by atoms with Crippen molar-refractivity contribution >= 4 is 21.1 Å². The molecule has 0 spiro atoms. The molecule has 1 aromatic rings. The van der Waals surface area contributed by atoms with Crippen LogP contribution in [0.5, 0.6) is 0 Å². The Hall–Kier alpha value is -1.39. The number of ether oxygens (including phenoxy) is 1. The van der Waals surface area contributed by atoms with Crippen LogP contribution < -0.4 is 0 Å². The van der Waals surface area contributed by atoms with Crippen LogP contribution in [0.4, 0.5) is 0 Å². The number of methoxy groups -OCH3 is 1. The zero-order valence-electron chi connectivity index (χ0n) is 13.8. The lowest BCUT2D eigenvalue weighted by Crippen LogP contribution is -2.37. The second-order valence-corrected chi connectivity index (χ2v) is 8.80. The van der Waals surface area contributed by atoms with E-state index in [1.807, 2.05) is 36.4 Å². The second-order valence-electron chi connectivity index (χ2n) is 6.43. The van der Waals surface area contributed by atoms with E-state index in [4.69, 9.17) is 9.16 Å². The largest absolute Gasteiger partial charge is 0.466 e. The van der Waals surface area contributed by atoms with E-state index in [2.05, 4.69) is 33.9 Å². The molecule has 21 heavy (non-hydrogen) atoms. The van der Waals surface area contributed by atoms with Gasteiger partial charge >= 0.3 is 5.97 Å². The zero-order valence-corrected chi connectivity index (χ0v) is 15.0. The Balaban J connectivity index is 3.27. The fourth-order valence-corrected chi connectivity index (χ4v) is 3.20. The van der Waals surface area contributed by atoms with Gasteiger partial charge in [0.1, 0.15) is 0 Å². The summed E-state index contributed by atoms with van der Waals surface area (Å²) in [5, 5.41) is 0. The van der Waals surface area contributed by atoms with Crippen LogP contribution >= 0.6 is 0 Å². The molecule has 1 aromatic carbocycles. The van der Waals surface area contributed by atoms with Gasteiger partial charge in [-0.25, -0.2) is 4.79 Å². The van der Waals surface area contributed by atoms with Crippen molar-refractivity contribution in [1.29, 1.82) is 0 Å². The van der Waals surface area contributed by atoms with Crippen LogP contribution in [0, 0.1) is 5.41 Å². The molecule has 0 amide bonds. The molecule has 0 aliphatic carbocycles. The molecule has 1 atom stereocenters. The summed E-state index contributed by atoms with van der Waals surface area (Å²) in [6.45, 7) is 10.5. The van der Waals surface area contributed by atoms with Gasteiger partial charge in [-0.15, -0.1) is 0 Å². The van der Waals surface area contributed by atoms with Gasteiger partial charge in [0.05, 0.1) is 18.8 Å². The average Bonchev–Trinajstić information content (AvgIpc) is 2.41. The van der Waals surface area contributed by atoms with Crippen molar-refractivity contribution in [3.8, 4) is 0 Å². The summed E-state index contributed by atoms with van der Waals surface area (Å²) in [4.78, 5) is 12.2. The van der Waals surface area contributed by atoms with E-state index in [0.29, 0.717) is 5.57 Å². The number of hydrogen-bond donors (Lipinski definition) is 0. The fraction of sp³-hybridized carbons (Fsp3) is 0.471. The third kappa shape index (κ3) is 5.48. The van der Waals surface area contributed by atoms with Crippen molar-refractivity contribution in [3.63, 3.8) is 0 Å². The molecule has 0 bridgehead atoms. The highest BCUT2D eigenvalue weighted by atomic mass is 28.3. The van der Waals surface area contributed by atoms with Gasteiger partial charge in [-0.2, -0.15) is 0 Å². The zero-order chi connectivity index (χ0) is 16.0. The van der Waals surface area contributed by atoms with Gasteiger partial charge in [0.25, 0.3) is 0 Å². The smallest absolute Gasteiger partial charge is 0.336 e. The Morgan fingerprint density at radius 3 is 2.19 bits per heavy atom. The Labute approximate surface area is 129 Å². The van der Waals surface area contributed by atoms with Crippen LogP contribution in [0.1, 0.15) is 26.3 Å². The summed E-state index contributed by atoms with van der Waals surface area (Å²) >= 11 is 0. The standard InChI is InChI=1S/C17H26O3Si/c1-17(2,3)15(20-21(5)6)14(16(18)19-4)12-13-10-8-7-9-11-13/h7-12,15,21H,1-6H3/b14-12+. The molecule has 1 unspecified atom stereocenters. The molecule has 0 aliphatic rings. The number of carbonyl (C=O) groups is 1. The van der Waals surface area contributed by atoms with Gasteiger partial charge in [-0.05, 0) is 30.1 Å². The van der Waals surface area contributed by atoms with Crippen molar-refractivity contribution in [2.24, 2.45) is 5.41 Å². The van der Waals surface area contributed by atoms with E-state index in [9.17, 15) is 4.79 Å². The van der Waals surface area contributed by atoms with Gasteiger partial charge in [0.15, 0.2) is 9.04 Å². The SMILES string of the molecule is COC(=O)/C(=C/c1ccccc1)C(O[SiH](C)C)C(C)(C)C. The Bertz CT molecular complexity index is 487. The summed E-state index contributed by atoms with van der Waals surface area (Å²) in [6.07, 6.45) is 1.61. The van der Waals surface area contributed by atoms with Crippen LogP contribution in [0.3, 0.4) is 0 Å². The summed E-state index contributed by atoms with van der Waals surface area (Å²) < 4.78 is 11.1. The molecule has 0 radical (unpaired) electrons. The summed E-state index contributed by atoms with van der Waals surface area (Å²) in [5.41, 5.74) is 1.38. The van der Waals surface area contributed by atoms with E-state index in [1.165, 1.54) is 7.11 Å². The van der Waals surface area contributed by atoms with Crippen molar-refractivity contribution in [3.05, 3.63) is 41.5 Å². The Morgan fingerprint density at radius 2 is 1.76 bits per heavy atom. The molecule has 4 heteroatoms. The third-order valence-electron chi connectivity index (χ3n) is 3.02. The quantitative estimate of drug-likeness (QED) is 0.473. The van der Waals surface area contributed by atoms with Crippen molar-refractivity contribution < 1.29 is 14.0 Å². The highest BCUT2D eigenvalue weighted by molar-refractivity contribution is 6.48. The second kappa shape index (κ2) is 7.57. The number of hydrogen-bond acceptors (Lipinski definition) is 3. The predicted octanol–water partition coefficient (Wildman–Crippen LogP) is 3.66. The Kier molecular flexibility index (Phi) is 6.36. The number of rotatable bonds is 5. The summed E-state index contributed by atoms with van der Waals surface area (Å²) in [6, 6.07) is 9.79. The molecule has 0 aliphatic heterocycles. The molecular weight excluding hydrogens is 280 g/mol. The predicted molar refractivity (Wildman–Crippen MR) is 89.6 cm³/mol. The maximum Gasteiger partial charge on any atom is 0.336 e. The minimum atomic E-state index is -1.29. The van der Waals surface area contributed by atoms with Crippen molar-refractivity contribution in [2.75, 3.05) is 7.11 Å². The first-order valence-electron chi connectivity index (χ1n) is 7.26. The van der Waals surface area contributed by atoms with Crippen molar-refractivity contribution in [2.45, 2.75) is 40.0 Å². The van der Waals surface area contributed by atoms with Gasteiger partial charge in [0.2, 0.25) is 0 Å². The minimum Gasteiger partial charge on any atom is -0.466 e. The van der Waals surface area contributed by atoms with E-state index in [0.717, 1.165) is 5.56 Å². The lowest BCUT2D eigenvalue weighted by Gasteiger charge is -2.33. The lowest BCUT2D eigenvalue weighted by atomic mass is 9.84. The molecule has 0 saturated carbocycles. The van der Waals surface area contributed by atoms with Gasteiger partial charge < -0.3 is 9.16 Å². The summed E-state index contributed by atoms with van der Waals surface area (Å²) in [5.74, 6) is -0.326. The maximum atomic E-state index is 12.2. The van der Waals surface area contributed by atoms with Crippen LogP contribution in [0.25, 0.3) is 6.08 Å². The van der Waals surface area contributed by atoms with E-state index < -0.39 is 9.04 Å². The van der Waals surface area contributed by atoms with Crippen LogP contribution in [-0.2, 0) is 14.0 Å². The first-order valence-corrected chi connectivity index (χ1v) is 10.0. The molecule has 1 rings (SSSR count).